The molecule has 1 aromatic heterocycles. The fourth-order valence-electron chi connectivity index (χ4n) is 3.62. The lowest BCUT2D eigenvalue weighted by Gasteiger charge is -2.21. The fraction of sp³-hybridized carbons (Fsp3) is 0.280. The molecule has 0 bridgehead atoms. The lowest BCUT2D eigenvalue weighted by molar-refractivity contribution is 0.102. The molecule has 3 rings (SSSR count). The molecule has 0 atom stereocenters. The van der Waals surface area contributed by atoms with Crippen LogP contribution in [-0.2, 0) is 6.54 Å². The molecule has 3 aromatic rings. The summed E-state index contributed by atoms with van der Waals surface area (Å²) in [7, 11) is 0. The Balaban J connectivity index is 2.13. The number of halogens is 1. The van der Waals surface area contributed by atoms with Crippen LogP contribution in [0.25, 0.3) is 11.3 Å². The van der Waals surface area contributed by atoms with Crippen molar-refractivity contribution in [3.8, 4) is 11.3 Å². The Morgan fingerprint density at radius 2 is 1.70 bits per heavy atom. The van der Waals surface area contributed by atoms with Gasteiger partial charge in [0.1, 0.15) is 5.56 Å². The van der Waals surface area contributed by atoms with Gasteiger partial charge < -0.3 is 9.88 Å². The standard InChI is InChI=1S/C25H27ClN2O2/c1-3-4-5-11-16-28-18(2)17-22(29)23(24(28)20-14-9-10-15-21(20)26)25(30)27-19-12-7-6-8-13-19/h6-10,12-15,17H,3-5,11,16H2,1-2H3,(H,27,30). The number of amides is 1. The number of hydrogen-bond acceptors (Lipinski definition) is 2. The first-order valence-electron chi connectivity index (χ1n) is 10.4. The van der Waals surface area contributed by atoms with Crippen LogP contribution in [0.2, 0.25) is 5.02 Å². The van der Waals surface area contributed by atoms with Crippen molar-refractivity contribution < 1.29 is 4.79 Å². The van der Waals surface area contributed by atoms with E-state index in [2.05, 4.69) is 16.8 Å². The molecular weight excluding hydrogens is 396 g/mol. The maximum atomic E-state index is 13.2. The van der Waals surface area contributed by atoms with Gasteiger partial charge in [0.2, 0.25) is 0 Å². The average Bonchev–Trinajstić information content (AvgIpc) is 2.73. The monoisotopic (exact) mass is 422 g/mol. The van der Waals surface area contributed by atoms with E-state index in [4.69, 9.17) is 11.6 Å². The molecule has 156 valence electrons. The maximum absolute atomic E-state index is 13.2. The van der Waals surface area contributed by atoms with Crippen molar-refractivity contribution in [3.05, 3.63) is 87.2 Å². The Morgan fingerprint density at radius 1 is 1.00 bits per heavy atom. The molecule has 0 aliphatic rings. The third-order valence-electron chi connectivity index (χ3n) is 5.14. The predicted molar refractivity (Wildman–Crippen MR) is 124 cm³/mol. The highest BCUT2D eigenvalue weighted by Crippen LogP contribution is 2.31. The number of aryl methyl sites for hydroxylation is 1. The minimum Gasteiger partial charge on any atom is -0.344 e. The summed E-state index contributed by atoms with van der Waals surface area (Å²) in [4.78, 5) is 26.2. The molecule has 0 unspecified atom stereocenters. The van der Waals surface area contributed by atoms with Crippen molar-refractivity contribution in [2.45, 2.75) is 46.1 Å². The van der Waals surface area contributed by atoms with Crippen LogP contribution in [-0.4, -0.2) is 10.5 Å². The summed E-state index contributed by atoms with van der Waals surface area (Å²) in [6.45, 7) is 4.80. The first-order valence-corrected chi connectivity index (χ1v) is 10.8. The third kappa shape index (κ3) is 5.00. The maximum Gasteiger partial charge on any atom is 0.261 e. The van der Waals surface area contributed by atoms with E-state index in [1.807, 2.05) is 43.3 Å². The molecule has 0 saturated heterocycles. The van der Waals surface area contributed by atoms with Crippen LogP contribution in [0, 0.1) is 6.92 Å². The zero-order valence-corrected chi connectivity index (χ0v) is 18.2. The van der Waals surface area contributed by atoms with E-state index in [1.165, 1.54) is 0 Å². The molecular formula is C25H27ClN2O2. The van der Waals surface area contributed by atoms with E-state index in [0.29, 0.717) is 22.0 Å². The zero-order valence-electron chi connectivity index (χ0n) is 17.5. The van der Waals surface area contributed by atoms with E-state index in [0.717, 1.165) is 37.9 Å². The Bertz CT molecular complexity index is 1070. The van der Waals surface area contributed by atoms with Gasteiger partial charge in [-0.25, -0.2) is 0 Å². The predicted octanol–water partition coefficient (Wildman–Crippen LogP) is 6.31. The quantitative estimate of drug-likeness (QED) is 0.432. The number of nitrogens with one attached hydrogen (secondary N) is 1. The van der Waals surface area contributed by atoms with E-state index >= 15 is 0 Å². The van der Waals surface area contributed by atoms with Gasteiger partial charge in [0.05, 0.1) is 5.69 Å². The summed E-state index contributed by atoms with van der Waals surface area (Å²) in [5.41, 5.74) is 2.54. The van der Waals surface area contributed by atoms with Gasteiger partial charge >= 0.3 is 0 Å². The summed E-state index contributed by atoms with van der Waals surface area (Å²) in [6.07, 6.45) is 4.36. The van der Waals surface area contributed by atoms with Crippen LogP contribution >= 0.6 is 11.6 Å². The number of aromatic nitrogens is 1. The number of carbonyl (C=O) groups is 1. The van der Waals surface area contributed by atoms with Crippen LogP contribution in [0.5, 0.6) is 0 Å². The molecule has 0 aliphatic carbocycles. The molecule has 2 aromatic carbocycles. The number of hydrogen-bond donors (Lipinski definition) is 1. The molecule has 1 heterocycles. The minimum atomic E-state index is -0.427. The van der Waals surface area contributed by atoms with Gasteiger partial charge in [-0.15, -0.1) is 0 Å². The highest BCUT2D eigenvalue weighted by molar-refractivity contribution is 6.33. The second-order valence-corrected chi connectivity index (χ2v) is 7.79. The number of benzene rings is 2. The summed E-state index contributed by atoms with van der Waals surface area (Å²) < 4.78 is 2.05. The van der Waals surface area contributed by atoms with Crippen LogP contribution in [0.3, 0.4) is 0 Å². The number of rotatable bonds is 8. The van der Waals surface area contributed by atoms with Crippen molar-refractivity contribution in [2.24, 2.45) is 0 Å². The van der Waals surface area contributed by atoms with Crippen LogP contribution < -0.4 is 10.7 Å². The van der Waals surface area contributed by atoms with Gasteiger partial charge in [-0.2, -0.15) is 0 Å². The third-order valence-corrected chi connectivity index (χ3v) is 5.47. The number of carbonyl (C=O) groups excluding carboxylic acids is 1. The lowest BCUT2D eigenvalue weighted by atomic mass is 10.0. The number of unbranched alkanes of at least 4 members (excludes halogenated alkanes) is 3. The molecule has 0 saturated carbocycles. The van der Waals surface area contributed by atoms with Crippen molar-refractivity contribution in [1.29, 1.82) is 0 Å². The van der Waals surface area contributed by atoms with Crippen molar-refractivity contribution in [2.75, 3.05) is 5.32 Å². The molecule has 0 fully saturated rings. The Labute approximate surface area is 182 Å². The highest BCUT2D eigenvalue weighted by atomic mass is 35.5. The normalized spacial score (nSPS) is 10.8. The van der Waals surface area contributed by atoms with Crippen molar-refractivity contribution >= 4 is 23.2 Å². The number of pyridine rings is 1. The van der Waals surface area contributed by atoms with Gasteiger partial charge in [-0.3, -0.25) is 9.59 Å². The second-order valence-electron chi connectivity index (χ2n) is 7.39. The first kappa shape index (κ1) is 21.8. The SMILES string of the molecule is CCCCCCn1c(C)cc(=O)c(C(=O)Nc2ccccc2)c1-c1ccccc1Cl. The van der Waals surface area contributed by atoms with Crippen molar-refractivity contribution in [3.63, 3.8) is 0 Å². The Hall–Kier alpha value is -2.85. The summed E-state index contributed by atoms with van der Waals surface area (Å²) in [5, 5.41) is 3.37. The zero-order chi connectivity index (χ0) is 21.5. The molecule has 4 nitrogen and oxygen atoms in total. The first-order chi connectivity index (χ1) is 14.5. The highest BCUT2D eigenvalue weighted by Gasteiger charge is 2.23. The second kappa shape index (κ2) is 10.3. The van der Waals surface area contributed by atoms with Crippen LogP contribution in [0.15, 0.2) is 65.5 Å². The molecule has 0 radical (unpaired) electrons. The smallest absolute Gasteiger partial charge is 0.261 e. The van der Waals surface area contributed by atoms with Gasteiger partial charge in [-0.05, 0) is 31.5 Å². The molecule has 5 heteroatoms. The Morgan fingerprint density at radius 3 is 2.40 bits per heavy atom. The van der Waals surface area contributed by atoms with Crippen molar-refractivity contribution in [1.82, 2.24) is 4.57 Å². The number of para-hydroxylation sites is 1. The van der Waals surface area contributed by atoms with Crippen LogP contribution in [0.1, 0.15) is 48.7 Å². The average molecular weight is 423 g/mol. The molecule has 30 heavy (non-hydrogen) atoms. The van der Waals surface area contributed by atoms with Gasteiger partial charge in [0.15, 0.2) is 5.43 Å². The molecule has 1 amide bonds. The van der Waals surface area contributed by atoms with Crippen LogP contribution in [0.4, 0.5) is 5.69 Å². The van der Waals surface area contributed by atoms with E-state index in [1.54, 1.807) is 24.3 Å². The Kier molecular flexibility index (Phi) is 7.47. The summed E-state index contributed by atoms with van der Waals surface area (Å²) in [6, 6.07) is 18.0. The molecule has 0 spiro atoms. The number of anilines is 1. The number of nitrogens with zero attached hydrogens (tertiary/aromatic N) is 1. The topological polar surface area (TPSA) is 51.1 Å². The largest absolute Gasteiger partial charge is 0.344 e. The summed E-state index contributed by atoms with van der Waals surface area (Å²) in [5.74, 6) is -0.427. The van der Waals surface area contributed by atoms with E-state index in [9.17, 15) is 9.59 Å². The summed E-state index contributed by atoms with van der Waals surface area (Å²) >= 11 is 6.51. The molecule has 0 aliphatic heterocycles. The van der Waals surface area contributed by atoms with Gasteiger partial charge in [0, 0.05) is 34.6 Å². The van der Waals surface area contributed by atoms with Gasteiger partial charge in [0.25, 0.3) is 5.91 Å². The minimum absolute atomic E-state index is 0.119. The lowest BCUT2D eigenvalue weighted by Crippen LogP contribution is -2.27. The van der Waals surface area contributed by atoms with E-state index in [-0.39, 0.29) is 11.0 Å². The van der Waals surface area contributed by atoms with Gasteiger partial charge in [-0.1, -0.05) is 74.2 Å². The molecule has 1 N–H and O–H groups in total. The van der Waals surface area contributed by atoms with E-state index < -0.39 is 5.91 Å². The fourth-order valence-corrected chi connectivity index (χ4v) is 3.85.